The van der Waals surface area contributed by atoms with E-state index < -0.39 is 0 Å². The first kappa shape index (κ1) is 15.4. The number of fused-ring (bicyclic) bond motifs is 1. The highest BCUT2D eigenvalue weighted by Crippen LogP contribution is 2.31. The summed E-state index contributed by atoms with van der Waals surface area (Å²) in [6.45, 7) is 2.20. The van der Waals surface area contributed by atoms with Crippen molar-refractivity contribution >= 4 is 10.8 Å². The number of nitrogens with zero attached hydrogens (tertiary/aromatic N) is 1. The summed E-state index contributed by atoms with van der Waals surface area (Å²) in [5.41, 5.74) is 5.47. The molecule has 0 unspecified atom stereocenters. The summed E-state index contributed by atoms with van der Waals surface area (Å²) < 4.78 is 2.25. The second-order valence-electron chi connectivity index (χ2n) is 7.37. The zero-order valence-corrected chi connectivity index (χ0v) is 14.8. The molecule has 2 aromatic carbocycles. The summed E-state index contributed by atoms with van der Waals surface area (Å²) in [4.78, 5) is 0. The molecule has 1 heteroatoms. The lowest BCUT2D eigenvalue weighted by atomic mass is 9.94. The number of pyridine rings is 1. The predicted octanol–water partition coefficient (Wildman–Crippen LogP) is 5.37. The number of hydrogen-bond acceptors (Lipinski definition) is 0. The molecule has 1 saturated carbocycles. The Morgan fingerprint density at radius 3 is 2.58 bits per heavy atom. The van der Waals surface area contributed by atoms with Crippen LogP contribution in [0.3, 0.4) is 0 Å². The third-order valence-electron chi connectivity index (χ3n) is 5.60. The SMILES string of the molecule is Cc1ccccc1-c1c2ccc(CC3CCCC3)cc2cc[n+]1C. The molecule has 0 aliphatic heterocycles. The normalized spacial score (nSPS) is 15.2. The highest BCUT2D eigenvalue weighted by atomic mass is 14.9. The molecule has 0 amide bonds. The lowest BCUT2D eigenvalue weighted by Crippen LogP contribution is -2.30. The smallest absolute Gasteiger partial charge is 0.200 e. The Balaban J connectivity index is 1.80. The van der Waals surface area contributed by atoms with Crippen molar-refractivity contribution in [2.45, 2.75) is 39.0 Å². The molecule has 0 saturated heterocycles. The number of aromatic nitrogens is 1. The molecule has 122 valence electrons. The molecule has 0 atom stereocenters. The molecular weight excluding hydrogens is 290 g/mol. The highest BCUT2D eigenvalue weighted by molar-refractivity contribution is 5.93. The first-order chi connectivity index (χ1) is 11.7. The maximum absolute atomic E-state index is 2.41. The van der Waals surface area contributed by atoms with Gasteiger partial charge in [0.15, 0.2) is 6.20 Å². The molecule has 3 aromatic rings. The molecule has 1 fully saturated rings. The minimum atomic E-state index is 0.901. The molecule has 0 N–H and O–H groups in total. The van der Waals surface area contributed by atoms with E-state index in [-0.39, 0.29) is 0 Å². The van der Waals surface area contributed by atoms with Crippen LogP contribution in [0.1, 0.15) is 36.8 Å². The van der Waals surface area contributed by atoms with E-state index in [0.717, 1.165) is 5.92 Å². The van der Waals surface area contributed by atoms with Gasteiger partial charge in [-0.05, 0) is 47.9 Å². The fourth-order valence-corrected chi connectivity index (χ4v) is 4.27. The van der Waals surface area contributed by atoms with Gasteiger partial charge in [-0.2, -0.15) is 0 Å². The molecule has 1 nitrogen and oxygen atoms in total. The van der Waals surface area contributed by atoms with Gasteiger partial charge in [0.2, 0.25) is 5.69 Å². The van der Waals surface area contributed by atoms with Crippen molar-refractivity contribution in [3.05, 3.63) is 65.9 Å². The predicted molar refractivity (Wildman–Crippen MR) is 101 cm³/mol. The van der Waals surface area contributed by atoms with Crippen molar-refractivity contribution in [1.82, 2.24) is 0 Å². The van der Waals surface area contributed by atoms with Crippen LogP contribution in [0, 0.1) is 12.8 Å². The van der Waals surface area contributed by atoms with Crippen LogP contribution < -0.4 is 4.57 Å². The first-order valence-electron chi connectivity index (χ1n) is 9.19. The van der Waals surface area contributed by atoms with Gasteiger partial charge in [0.05, 0.1) is 5.39 Å². The molecular formula is C23H26N+. The van der Waals surface area contributed by atoms with Crippen LogP contribution in [0.4, 0.5) is 0 Å². The van der Waals surface area contributed by atoms with E-state index in [1.165, 1.54) is 65.3 Å². The van der Waals surface area contributed by atoms with Gasteiger partial charge in [0.25, 0.3) is 0 Å². The number of rotatable bonds is 3. The Bertz CT molecular complexity index is 872. The molecule has 1 aliphatic carbocycles. The van der Waals surface area contributed by atoms with Gasteiger partial charge >= 0.3 is 0 Å². The van der Waals surface area contributed by atoms with E-state index in [0.29, 0.717) is 0 Å². The fourth-order valence-electron chi connectivity index (χ4n) is 4.27. The molecule has 1 heterocycles. The van der Waals surface area contributed by atoms with Gasteiger partial charge in [-0.25, -0.2) is 4.57 Å². The maximum Gasteiger partial charge on any atom is 0.220 e. The summed E-state index contributed by atoms with van der Waals surface area (Å²) in [5.74, 6) is 0.901. The van der Waals surface area contributed by atoms with Crippen LogP contribution in [0.15, 0.2) is 54.7 Å². The zero-order chi connectivity index (χ0) is 16.5. The standard InChI is InChI=1S/C23H26N/c1-17-7-3-6-10-21(17)23-22-12-11-19(15-18-8-4-5-9-18)16-20(22)13-14-24(23)2/h3,6-7,10-14,16,18H,4-5,8-9,15H2,1-2H3/q+1. The van der Waals surface area contributed by atoms with E-state index in [2.05, 4.69) is 73.3 Å². The van der Waals surface area contributed by atoms with Crippen LogP contribution in [0.25, 0.3) is 22.0 Å². The van der Waals surface area contributed by atoms with Crippen molar-refractivity contribution in [1.29, 1.82) is 0 Å². The summed E-state index contributed by atoms with van der Waals surface area (Å²) in [6.07, 6.45) is 9.11. The average Bonchev–Trinajstić information content (AvgIpc) is 3.09. The molecule has 1 aliphatic rings. The summed E-state index contributed by atoms with van der Waals surface area (Å²) in [6, 6.07) is 18.0. The Morgan fingerprint density at radius 2 is 1.79 bits per heavy atom. The minimum absolute atomic E-state index is 0.901. The molecule has 4 rings (SSSR count). The summed E-state index contributed by atoms with van der Waals surface area (Å²) in [5, 5.41) is 2.71. The maximum atomic E-state index is 2.41. The van der Waals surface area contributed by atoms with Crippen molar-refractivity contribution in [3.63, 3.8) is 0 Å². The molecule has 1 aromatic heterocycles. The van der Waals surface area contributed by atoms with Crippen LogP contribution in [-0.4, -0.2) is 0 Å². The van der Waals surface area contributed by atoms with Gasteiger partial charge in [-0.1, -0.05) is 56.0 Å². The van der Waals surface area contributed by atoms with E-state index in [9.17, 15) is 0 Å². The third kappa shape index (κ3) is 2.84. The largest absolute Gasteiger partial charge is 0.220 e. The lowest BCUT2D eigenvalue weighted by Gasteiger charge is -2.11. The van der Waals surface area contributed by atoms with Gasteiger partial charge in [-0.3, -0.25) is 0 Å². The lowest BCUT2D eigenvalue weighted by molar-refractivity contribution is -0.659. The number of benzene rings is 2. The van der Waals surface area contributed by atoms with E-state index in [1.807, 2.05) is 0 Å². The summed E-state index contributed by atoms with van der Waals surface area (Å²) >= 11 is 0. The highest BCUT2D eigenvalue weighted by Gasteiger charge is 2.18. The van der Waals surface area contributed by atoms with Crippen molar-refractivity contribution in [3.8, 4) is 11.3 Å². The third-order valence-corrected chi connectivity index (χ3v) is 5.60. The second-order valence-corrected chi connectivity index (χ2v) is 7.37. The van der Waals surface area contributed by atoms with Crippen LogP contribution in [-0.2, 0) is 13.5 Å². The second kappa shape index (κ2) is 6.39. The Labute approximate surface area is 145 Å². The van der Waals surface area contributed by atoms with Crippen LogP contribution in [0.5, 0.6) is 0 Å². The summed E-state index contributed by atoms with van der Waals surface area (Å²) in [7, 11) is 2.15. The van der Waals surface area contributed by atoms with Gasteiger partial charge in [-0.15, -0.1) is 0 Å². The topological polar surface area (TPSA) is 3.88 Å². The molecule has 0 bridgehead atoms. The van der Waals surface area contributed by atoms with E-state index in [4.69, 9.17) is 0 Å². The number of aryl methyl sites for hydroxylation is 2. The average molecular weight is 316 g/mol. The van der Waals surface area contributed by atoms with Crippen molar-refractivity contribution in [2.75, 3.05) is 0 Å². The first-order valence-corrected chi connectivity index (χ1v) is 9.19. The zero-order valence-electron chi connectivity index (χ0n) is 14.8. The molecule has 0 radical (unpaired) electrons. The Hall–Kier alpha value is -2.15. The van der Waals surface area contributed by atoms with Crippen LogP contribution >= 0.6 is 0 Å². The minimum Gasteiger partial charge on any atom is -0.200 e. The van der Waals surface area contributed by atoms with E-state index >= 15 is 0 Å². The Kier molecular flexibility index (Phi) is 4.10. The molecule has 24 heavy (non-hydrogen) atoms. The van der Waals surface area contributed by atoms with Gasteiger partial charge in [0.1, 0.15) is 7.05 Å². The van der Waals surface area contributed by atoms with Gasteiger partial charge in [0, 0.05) is 11.6 Å². The van der Waals surface area contributed by atoms with E-state index in [1.54, 1.807) is 0 Å². The monoisotopic (exact) mass is 316 g/mol. The molecule has 0 spiro atoms. The number of hydrogen-bond donors (Lipinski definition) is 0. The quantitative estimate of drug-likeness (QED) is 0.572. The van der Waals surface area contributed by atoms with Gasteiger partial charge < -0.3 is 0 Å². The van der Waals surface area contributed by atoms with Crippen molar-refractivity contribution < 1.29 is 4.57 Å². The fraction of sp³-hybridized carbons (Fsp3) is 0.348. The Morgan fingerprint density at radius 1 is 1.00 bits per heavy atom. The van der Waals surface area contributed by atoms with Crippen molar-refractivity contribution in [2.24, 2.45) is 13.0 Å². The van der Waals surface area contributed by atoms with Crippen LogP contribution in [0.2, 0.25) is 0 Å².